The first kappa shape index (κ1) is 18.1. The molecule has 0 unspecified atom stereocenters. The Morgan fingerprint density at radius 3 is 2.57 bits per heavy atom. The van der Waals surface area contributed by atoms with Crippen LogP contribution in [0.4, 0.5) is 0 Å². The summed E-state index contributed by atoms with van der Waals surface area (Å²) in [5, 5.41) is 10.1. The number of aliphatic imine (C=N–C) groups is 1. The standard InChI is InChI=1S/C16H25N3O.HI/c1-3-19(4-2)16(17)18-11-14-13-8-6-5-7-12(13)9-10-15(14)20;/h9-10,20H,3-8,11H2,1-2H3,(H2,17,18);1H. The second-order valence-corrected chi connectivity index (χ2v) is 5.25. The van der Waals surface area contributed by atoms with Crippen LogP contribution in [0.5, 0.6) is 5.75 Å². The number of fused-ring (bicyclic) bond motifs is 1. The van der Waals surface area contributed by atoms with Crippen LogP contribution in [-0.2, 0) is 19.4 Å². The van der Waals surface area contributed by atoms with Crippen LogP contribution in [0.2, 0.25) is 0 Å². The van der Waals surface area contributed by atoms with E-state index < -0.39 is 0 Å². The van der Waals surface area contributed by atoms with Gasteiger partial charge in [-0.15, -0.1) is 24.0 Å². The van der Waals surface area contributed by atoms with Crippen LogP contribution in [0.25, 0.3) is 0 Å². The molecule has 118 valence electrons. The van der Waals surface area contributed by atoms with E-state index in [9.17, 15) is 5.11 Å². The lowest BCUT2D eigenvalue weighted by molar-refractivity contribution is 0.454. The Bertz CT molecular complexity index is 499. The van der Waals surface area contributed by atoms with Gasteiger partial charge in [-0.25, -0.2) is 4.99 Å². The number of guanidine groups is 1. The van der Waals surface area contributed by atoms with E-state index in [4.69, 9.17) is 5.73 Å². The van der Waals surface area contributed by atoms with E-state index in [2.05, 4.69) is 18.8 Å². The minimum absolute atomic E-state index is 0. The van der Waals surface area contributed by atoms with E-state index in [1.807, 2.05) is 11.0 Å². The van der Waals surface area contributed by atoms with E-state index in [0.717, 1.165) is 31.5 Å². The van der Waals surface area contributed by atoms with Crippen LogP contribution in [0.3, 0.4) is 0 Å². The van der Waals surface area contributed by atoms with Crippen molar-refractivity contribution in [2.45, 2.75) is 46.1 Å². The number of aromatic hydroxyl groups is 1. The molecule has 0 radical (unpaired) electrons. The maximum absolute atomic E-state index is 10.1. The lowest BCUT2D eigenvalue weighted by Gasteiger charge is -2.21. The van der Waals surface area contributed by atoms with Gasteiger partial charge in [0.2, 0.25) is 0 Å². The van der Waals surface area contributed by atoms with Gasteiger partial charge in [0.25, 0.3) is 0 Å². The predicted octanol–water partition coefficient (Wildman–Crippen LogP) is 3.05. The molecular formula is C16H26IN3O. The fourth-order valence-electron chi connectivity index (χ4n) is 2.88. The van der Waals surface area contributed by atoms with Crippen molar-refractivity contribution in [2.24, 2.45) is 10.7 Å². The summed E-state index contributed by atoms with van der Waals surface area (Å²) in [7, 11) is 0. The third-order valence-corrected chi connectivity index (χ3v) is 4.11. The van der Waals surface area contributed by atoms with Gasteiger partial charge in [-0.2, -0.15) is 0 Å². The van der Waals surface area contributed by atoms with E-state index >= 15 is 0 Å². The fraction of sp³-hybridized carbons (Fsp3) is 0.562. The Morgan fingerprint density at radius 2 is 1.90 bits per heavy atom. The zero-order chi connectivity index (χ0) is 14.5. The van der Waals surface area contributed by atoms with Gasteiger partial charge >= 0.3 is 0 Å². The summed E-state index contributed by atoms with van der Waals surface area (Å²) in [4.78, 5) is 6.49. The Morgan fingerprint density at radius 1 is 1.24 bits per heavy atom. The molecule has 0 saturated heterocycles. The highest BCUT2D eigenvalue weighted by atomic mass is 127. The highest BCUT2D eigenvalue weighted by Gasteiger charge is 2.16. The molecule has 1 aliphatic carbocycles. The van der Waals surface area contributed by atoms with Crippen molar-refractivity contribution in [1.82, 2.24) is 4.90 Å². The Kier molecular flexibility index (Phi) is 7.28. The fourth-order valence-corrected chi connectivity index (χ4v) is 2.88. The molecule has 0 saturated carbocycles. The molecule has 0 heterocycles. The number of benzene rings is 1. The number of hydrogen-bond donors (Lipinski definition) is 2. The molecule has 0 amide bonds. The average molecular weight is 403 g/mol. The van der Waals surface area contributed by atoms with E-state index in [0.29, 0.717) is 18.3 Å². The SMILES string of the molecule is CCN(CC)C(N)=NCc1c(O)ccc2c1CCCC2.I. The minimum atomic E-state index is 0. The van der Waals surface area contributed by atoms with Gasteiger partial charge in [-0.05, 0) is 56.7 Å². The van der Waals surface area contributed by atoms with Crippen LogP contribution in [0.1, 0.15) is 43.4 Å². The summed E-state index contributed by atoms with van der Waals surface area (Å²) in [6.45, 7) is 6.30. The number of phenolic OH excluding ortho intramolecular Hbond substituents is 1. The first-order valence-corrected chi connectivity index (χ1v) is 7.54. The molecule has 0 fully saturated rings. The molecule has 3 N–H and O–H groups in total. The average Bonchev–Trinajstić information content (AvgIpc) is 2.47. The van der Waals surface area contributed by atoms with Crippen LogP contribution < -0.4 is 5.73 Å². The predicted molar refractivity (Wildman–Crippen MR) is 98.4 cm³/mol. The topological polar surface area (TPSA) is 61.8 Å². The normalized spacial score (nSPS) is 14.3. The molecule has 0 spiro atoms. The van der Waals surface area contributed by atoms with Crippen LogP contribution >= 0.6 is 24.0 Å². The molecule has 2 rings (SSSR count). The second-order valence-electron chi connectivity index (χ2n) is 5.25. The Balaban J connectivity index is 0.00000220. The van der Waals surface area contributed by atoms with Gasteiger partial charge in [0.1, 0.15) is 5.75 Å². The molecule has 21 heavy (non-hydrogen) atoms. The van der Waals surface area contributed by atoms with Crippen molar-refractivity contribution in [3.8, 4) is 5.75 Å². The summed E-state index contributed by atoms with van der Waals surface area (Å²) < 4.78 is 0. The van der Waals surface area contributed by atoms with E-state index in [-0.39, 0.29) is 24.0 Å². The molecule has 1 aromatic carbocycles. The van der Waals surface area contributed by atoms with Gasteiger partial charge in [-0.1, -0.05) is 6.07 Å². The summed E-state index contributed by atoms with van der Waals surface area (Å²) in [6, 6.07) is 3.84. The Hall–Kier alpha value is -0.980. The molecule has 5 heteroatoms. The molecule has 0 bridgehead atoms. The van der Waals surface area contributed by atoms with Crippen LogP contribution in [0.15, 0.2) is 17.1 Å². The number of hydrogen-bond acceptors (Lipinski definition) is 2. The van der Waals surface area contributed by atoms with Crippen molar-refractivity contribution in [3.63, 3.8) is 0 Å². The Labute approximate surface area is 144 Å². The van der Waals surface area contributed by atoms with Crippen molar-refractivity contribution < 1.29 is 5.11 Å². The van der Waals surface area contributed by atoms with Gasteiger partial charge in [0.05, 0.1) is 6.54 Å². The maximum atomic E-state index is 10.1. The van der Waals surface area contributed by atoms with E-state index in [1.165, 1.54) is 24.0 Å². The summed E-state index contributed by atoms with van der Waals surface area (Å²) >= 11 is 0. The van der Waals surface area contributed by atoms with Gasteiger partial charge in [0.15, 0.2) is 5.96 Å². The number of nitrogens with two attached hydrogens (primary N) is 1. The van der Waals surface area contributed by atoms with Crippen LogP contribution in [0, 0.1) is 0 Å². The quantitative estimate of drug-likeness (QED) is 0.462. The third kappa shape index (κ3) is 4.25. The summed E-state index contributed by atoms with van der Waals surface area (Å²) in [5.74, 6) is 0.907. The zero-order valence-corrected chi connectivity index (χ0v) is 15.3. The minimum Gasteiger partial charge on any atom is -0.508 e. The first-order valence-electron chi connectivity index (χ1n) is 7.54. The van der Waals surface area contributed by atoms with Gasteiger partial charge in [0, 0.05) is 18.7 Å². The van der Waals surface area contributed by atoms with Crippen LogP contribution in [-0.4, -0.2) is 29.1 Å². The van der Waals surface area contributed by atoms with Gasteiger partial charge < -0.3 is 15.7 Å². The van der Waals surface area contributed by atoms with Crippen molar-refractivity contribution >= 4 is 29.9 Å². The summed E-state index contributed by atoms with van der Waals surface area (Å²) in [5.41, 5.74) is 9.61. The molecule has 1 aliphatic rings. The second kappa shape index (κ2) is 8.46. The molecule has 0 aromatic heterocycles. The maximum Gasteiger partial charge on any atom is 0.191 e. The lowest BCUT2D eigenvalue weighted by Crippen LogP contribution is -2.37. The zero-order valence-electron chi connectivity index (χ0n) is 12.9. The number of nitrogens with zero attached hydrogens (tertiary/aromatic N) is 2. The number of halogens is 1. The molecule has 0 aliphatic heterocycles. The number of rotatable bonds is 4. The van der Waals surface area contributed by atoms with Gasteiger partial charge in [-0.3, -0.25) is 0 Å². The molecule has 1 aromatic rings. The molecule has 4 nitrogen and oxygen atoms in total. The highest BCUT2D eigenvalue weighted by molar-refractivity contribution is 14.0. The van der Waals surface area contributed by atoms with Crippen molar-refractivity contribution in [2.75, 3.05) is 13.1 Å². The van der Waals surface area contributed by atoms with Crippen molar-refractivity contribution in [3.05, 3.63) is 28.8 Å². The summed E-state index contributed by atoms with van der Waals surface area (Å²) in [6.07, 6.45) is 4.58. The van der Waals surface area contributed by atoms with Crippen molar-refractivity contribution in [1.29, 1.82) is 0 Å². The highest BCUT2D eigenvalue weighted by Crippen LogP contribution is 2.31. The largest absolute Gasteiger partial charge is 0.508 e. The van der Waals surface area contributed by atoms with E-state index in [1.54, 1.807) is 6.07 Å². The lowest BCUT2D eigenvalue weighted by atomic mass is 9.88. The third-order valence-electron chi connectivity index (χ3n) is 4.11. The number of aryl methyl sites for hydroxylation is 1. The molecule has 0 atom stereocenters. The smallest absolute Gasteiger partial charge is 0.191 e. The molecular weight excluding hydrogens is 377 g/mol. The first-order chi connectivity index (χ1) is 9.67. The monoisotopic (exact) mass is 403 g/mol. The number of phenols is 1.